The van der Waals surface area contributed by atoms with Crippen LogP contribution in [-0.2, 0) is 29.0 Å². The molecule has 0 aliphatic heterocycles. The van der Waals surface area contributed by atoms with Crippen molar-refractivity contribution >= 4 is 5.97 Å². The second-order valence-electron chi connectivity index (χ2n) is 13.0. The van der Waals surface area contributed by atoms with Crippen molar-refractivity contribution in [2.45, 2.75) is 90.6 Å². The van der Waals surface area contributed by atoms with Gasteiger partial charge in [0.2, 0.25) is 0 Å². The number of carbonyl (C=O) groups excluding carboxylic acids is 1. The van der Waals surface area contributed by atoms with Crippen molar-refractivity contribution in [2.75, 3.05) is 13.2 Å². The maximum atomic E-state index is 12.2. The Bertz CT molecular complexity index is 1210. The number of hydrogen-bond acceptors (Lipinski definition) is 4. The standard InChI is InChI=1S/C39H50O4/c1-30(7-5-10-31-8-3-2-4-9-31)12-13-32-16-22-37(23-17-32)41-26-6-11-39(40)43-29-34-18-24-38(25-19-34)42-28-33-14-20-35-27-36(35)21-15-33/h2-4,8-9,16-19,22-25,30,33,35-36H,5-7,10-15,20-21,26-29H2,1H3/t30-,33?,35-,36?/m0/s1. The topological polar surface area (TPSA) is 44.8 Å². The van der Waals surface area contributed by atoms with Gasteiger partial charge >= 0.3 is 5.97 Å². The van der Waals surface area contributed by atoms with E-state index in [9.17, 15) is 4.79 Å². The van der Waals surface area contributed by atoms with Crippen LogP contribution in [0.3, 0.4) is 0 Å². The SMILES string of the molecule is C[C@@H](CCCc1ccccc1)CCc1ccc(OCCCC(=O)OCc2ccc(OCC3CCC4C[C@@H]4CC3)cc2)cc1. The normalized spacial score (nSPS) is 20.0. The highest BCUT2D eigenvalue weighted by Crippen LogP contribution is 2.49. The van der Waals surface area contributed by atoms with Gasteiger partial charge in [0.25, 0.3) is 0 Å². The van der Waals surface area contributed by atoms with Gasteiger partial charge in [-0.15, -0.1) is 0 Å². The average molecular weight is 583 g/mol. The molecule has 0 aromatic heterocycles. The van der Waals surface area contributed by atoms with Crippen LogP contribution in [0.2, 0.25) is 0 Å². The highest BCUT2D eigenvalue weighted by molar-refractivity contribution is 5.69. The van der Waals surface area contributed by atoms with Crippen LogP contribution in [0.4, 0.5) is 0 Å². The van der Waals surface area contributed by atoms with E-state index in [1.165, 1.54) is 68.9 Å². The monoisotopic (exact) mass is 582 g/mol. The summed E-state index contributed by atoms with van der Waals surface area (Å²) in [6.45, 7) is 3.97. The Morgan fingerprint density at radius 1 is 0.721 bits per heavy atom. The molecule has 0 amide bonds. The molecule has 3 aromatic rings. The van der Waals surface area contributed by atoms with Crippen LogP contribution in [0.5, 0.6) is 11.5 Å². The van der Waals surface area contributed by atoms with Gasteiger partial charge in [-0.2, -0.15) is 0 Å². The second kappa shape index (κ2) is 16.5. The van der Waals surface area contributed by atoms with Crippen LogP contribution in [-0.4, -0.2) is 19.2 Å². The predicted octanol–water partition coefficient (Wildman–Crippen LogP) is 9.39. The minimum Gasteiger partial charge on any atom is -0.494 e. The molecule has 0 radical (unpaired) electrons. The minimum absolute atomic E-state index is 0.191. The van der Waals surface area contributed by atoms with Crippen LogP contribution >= 0.6 is 0 Å². The molecule has 0 N–H and O–H groups in total. The number of esters is 1. The molecule has 0 spiro atoms. The van der Waals surface area contributed by atoms with E-state index in [0.29, 0.717) is 32.0 Å². The molecule has 4 nitrogen and oxygen atoms in total. The fourth-order valence-corrected chi connectivity index (χ4v) is 6.38. The summed E-state index contributed by atoms with van der Waals surface area (Å²) >= 11 is 0. The highest BCUT2D eigenvalue weighted by atomic mass is 16.5. The summed E-state index contributed by atoms with van der Waals surface area (Å²) in [5, 5.41) is 0. The molecule has 0 saturated heterocycles. The lowest BCUT2D eigenvalue weighted by molar-refractivity contribution is -0.145. The summed E-state index contributed by atoms with van der Waals surface area (Å²) in [5.74, 6) is 5.01. The molecule has 2 saturated carbocycles. The zero-order chi connectivity index (χ0) is 29.7. The molecule has 5 rings (SSSR count). The first-order valence-electron chi connectivity index (χ1n) is 16.7. The molecular weight excluding hydrogens is 532 g/mol. The highest BCUT2D eigenvalue weighted by Gasteiger charge is 2.39. The lowest BCUT2D eigenvalue weighted by atomic mass is 9.95. The van der Waals surface area contributed by atoms with Crippen LogP contribution in [0.25, 0.3) is 0 Å². The zero-order valence-electron chi connectivity index (χ0n) is 26.1. The van der Waals surface area contributed by atoms with Crippen molar-refractivity contribution in [1.29, 1.82) is 0 Å². The van der Waals surface area contributed by atoms with Crippen molar-refractivity contribution in [1.82, 2.24) is 0 Å². The fraction of sp³-hybridized carbons (Fsp3) is 0.513. The van der Waals surface area contributed by atoms with Crippen LogP contribution in [0, 0.1) is 23.7 Å². The first-order valence-corrected chi connectivity index (χ1v) is 16.7. The van der Waals surface area contributed by atoms with E-state index < -0.39 is 0 Å². The second-order valence-corrected chi connectivity index (χ2v) is 13.0. The molecule has 43 heavy (non-hydrogen) atoms. The van der Waals surface area contributed by atoms with Crippen LogP contribution in [0.15, 0.2) is 78.9 Å². The molecule has 0 bridgehead atoms. The number of benzene rings is 3. The van der Waals surface area contributed by atoms with Gasteiger partial charge in [0, 0.05) is 6.42 Å². The lowest BCUT2D eigenvalue weighted by Gasteiger charge is -2.16. The van der Waals surface area contributed by atoms with Gasteiger partial charge in [0.1, 0.15) is 18.1 Å². The molecule has 230 valence electrons. The van der Waals surface area contributed by atoms with E-state index in [2.05, 4.69) is 49.4 Å². The number of hydrogen-bond donors (Lipinski definition) is 0. The maximum Gasteiger partial charge on any atom is 0.306 e. The molecule has 4 heteroatoms. The van der Waals surface area contributed by atoms with Crippen molar-refractivity contribution < 1.29 is 19.0 Å². The van der Waals surface area contributed by atoms with Crippen molar-refractivity contribution in [3.05, 3.63) is 95.6 Å². The molecule has 0 heterocycles. The lowest BCUT2D eigenvalue weighted by Crippen LogP contribution is -2.12. The van der Waals surface area contributed by atoms with E-state index in [1.807, 2.05) is 36.4 Å². The van der Waals surface area contributed by atoms with E-state index in [4.69, 9.17) is 14.2 Å². The van der Waals surface area contributed by atoms with Gasteiger partial charge in [0.15, 0.2) is 0 Å². The number of aryl methyl sites for hydroxylation is 2. The van der Waals surface area contributed by atoms with Crippen molar-refractivity contribution in [3.8, 4) is 11.5 Å². The van der Waals surface area contributed by atoms with Crippen molar-refractivity contribution in [3.63, 3.8) is 0 Å². The van der Waals surface area contributed by atoms with Gasteiger partial charge < -0.3 is 14.2 Å². The van der Waals surface area contributed by atoms with Crippen molar-refractivity contribution in [2.24, 2.45) is 23.7 Å². The fourth-order valence-electron chi connectivity index (χ4n) is 6.38. The summed E-state index contributed by atoms with van der Waals surface area (Å²) in [6.07, 6.45) is 13.8. The Hall–Kier alpha value is -3.27. The summed E-state index contributed by atoms with van der Waals surface area (Å²) in [5.41, 5.74) is 3.76. The van der Waals surface area contributed by atoms with E-state index in [0.717, 1.165) is 47.8 Å². The molecular formula is C39H50O4. The van der Waals surface area contributed by atoms with E-state index in [-0.39, 0.29) is 5.97 Å². The van der Waals surface area contributed by atoms with Gasteiger partial charge in [0.05, 0.1) is 13.2 Å². The quantitative estimate of drug-likeness (QED) is 0.117. The van der Waals surface area contributed by atoms with E-state index >= 15 is 0 Å². The molecule has 2 fully saturated rings. The predicted molar refractivity (Wildman–Crippen MR) is 173 cm³/mol. The first-order chi connectivity index (χ1) is 21.1. The summed E-state index contributed by atoms with van der Waals surface area (Å²) in [7, 11) is 0. The summed E-state index contributed by atoms with van der Waals surface area (Å²) in [4.78, 5) is 12.2. The number of fused-ring (bicyclic) bond motifs is 1. The Morgan fingerprint density at radius 3 is 2.09 bits per heavy atom. The third-order valence-corrected chi connectivity index (χ3v) is 9.42. The number of rotatable bonds is 17. The molecule has 2 unspecified atom stereocenters. The Morgan fingerprint density at radius 2 is 1.37 bits per heavy atom. The first kappa shape index (κ1) is 31.2. The Kier molecular flexibility index (Phi) is 12.0. The van der Waals surface area contributed by atoms with Gasteiger partial charge in [-0.1, -0.05) is 67.9 Å². The number of ether oxygens (including phenoxy) is 3. The molecule has 3 aromatic carbocycles. The van der Waals surface area contributed by atoms with E-state index in [1.54, 1.807) is 0 Å². The minimum atomic E-state index is -0.191. The van der Waals surface area contributed by atoms with Gasteiger partial charge in [-0.3, -0.25) is 4.79 Å². The molecule has 2 aliphatic rings. The Labute approximate surface area is 259 Å². The Balaban J connectivity index is 0.889. The number of carbonyl (C=O) groups is 1. The molecule has 4 atom stereocenters. The third-order valence-electron chi connectivity index (χ3n) is 9.42. The van der Waals surface area contributed by atoms with Gasteiger partial charge in [-0.25, -0.2) is 0 Å². The summed E-state index contributed by atoms with van der Waals surface area (Å²) in [6, 6.07) is 27.1. The van der Waals surface area contributed by atoms with Crippen LogP contribution in [0.1, 0.15) is 87.8 Å². The van der Waals surface area contributed by atoms with Crippen LogP contribution < -0.4 is 9.47 Å². The average Bonchev–Trinajstić information content (AvgIpc) is 3.82. The maximum absolute atomic E-state index is 12.2. The van der Waals surface area contributed by atoms with Gasteiger partial charge in [-0.05, 0) is 129 Å². The smallest absolute Gasteiger partial charge is 0.306 e. The molecule has 2 aliphatic carbocycles. The zero-order valence-corrected chi connectivity index (χ0v) is 26.1. The summed E-state index contributed by atoms with van der Waals surface area (Å²) < 4.78 is 17.4. The largest absolute Gasteiger partial charge is 0.494 e. The third kappa shape index (κ3) is 11.1.